The Kier molecular flexibility index (Phi) is 4.99. The normalized spacial score (nSPS) is 10.5. The Bertz CT molecular complexity index is 797. The van der Waals surface area contributed by atoms with Gasteiger partial charge in [-0.2, -0.15) is 0 Å². The van der Waals surface area contributed by atoms with E-state index in [1.54, 1.807) is 42.5 Å². The lowest BCUT2D eigenvalue weighted by atomic mass is 10.1. The highest BCUT2D eigenvalue weighted by Crippen LogP contribution is 2.19. The zero-order valence-corrected chi connectivity index (χ0v) is 12.4. The van der Waals surface area contributed by atoms with Crippen molar-refractivity contribution in [3.05, 3.63) is 75.8 Å². The average Bonchev–Trinajstić information content (AvgIpc) is 2.53. The summed E-state index contributed by atoms with van der Waals surface area (Å²) in [6.07, 6.45) is 2.59. The second kappa shape index (κ2) is 7.13. The van der Waals surface area contributed by atoms with E-state index in [0.717, 1.165) is 0 Å². The fourth-order valence-electron chi connectivity index (χ4n) is 1.96. The number of nitrogens with zero attached hydrogens (tertiary/aromatic N) is 1. The molecule has 0 unspecified atom stereocenters. The first-order valence-corrected chi connectivity index (χ1v) is 6.81. The van der Waals surface area contributed by atoms with Gasteiger partial charge >= 0.3 is 0 Å². The zero-order chi connectivity index (χ0) is 16.8. The SMILES string of the molecule is CC(=O)c1cccc(NC(=O)C=Cc2ccccc2[N+](=O)[O-])c1. The first kappa shape index (κ1) is 16.1. The topological polar surface area (TPSA) is 89.3 Å². The highest BCUT2D eigenvalue weighted by Gasteiger charge is 2.10. The Hall–Kier alpha value is -3.28. The van der Waals surface area contributed by atoms with E-state index < -0.39 is 10.8 Å². The van der Waals surface area contributed by atoms with Crippen LogP contribution >= 0.6 is 0 Å². The van der Waals surface area contributed by atoms with Crippen LogP contribution in [0, 0.1) is 10.1 Å². The minimum Gasteiger partial charge on any atom is -0.322 e. The first-order chi connectivity index (χ1) is 11.0. The lowest BCUT2D eigenvalue weighted by molar-refractivity contribution is -0.385. The number of hydrogen-bond acceptors (Lipinski definition) is 4. The number of ketones is 1. The number of benzene rings is 2. The van der Waals surface area contributed by atoms with Gasteiger partial charge in [0.05, 0.1) is 10.5 Å². The Balaban J connectivity index is 2.12. The van der Waals surface area contributed by atoms with Crippen LogP contribution in [0.4, 0.5) is 11.4 Å². The predicted molar refractivity (Wildman–Crippen MR) is 87.2 cm³/mol. The summed E-state index contributed by atoms with van der Waals surface area (Å²) in [5.74, 6) is -0.541. The van der Waals surface area contributed by atoms with Gasteiger partial charge in [0.15, 0.2) is 5.78 Å². The zero-order valence-electron chi connectivity index (χ0n) is 12.4. The second-order valence-electron chi connectivity index (χ2n) is 4.78. The van der Waals surface area contributed by atoms with Gasteiger partial charge in [-0.1, -0.05) is 24.3 Å². The van der Waals surface area contributed by atoms with Crippen molar-refractivity contribution in [2.75, 3.05) is 5.32 Å². The molecule has 6 heteroatoms. The number of Topliss-reactive ketones (excluding diaryl/α,β-unsaturated/α-hetero) is 1. The summed E-state index contributed by atoms with van der Waals surface area (Å²) in [4.78, 5) is 33.6. The molecule has 0 aliphatic heterocycles. The van der Waals surface area contributed by atoms with E-state index in [0.29, 0.717) is 16.8 Å². The minimum absolute atomic E-state index is 0.0740. The van der Waals surface area contributed by atoms with Gasteiger partial charge < -0.3 is 5.32 Å². The number of hydrogen-bond donors (Lipinski definition) is 1. The molecule has 2 aromatic carbocycles. The molecular formula is C17H14N2O4. The lowest BCUT2D eigenvalue weighted by Gasteiger charge is -2.03. The standard InChI is InChI=1S/C17H14N2O4/c1-12(20)14-6-4-7-15(11-14)18-17(21)10-9-13-5-2-3-8-16(13)19(22)23/h2-11H,1H3,(H,18,21). The number of nitrogens with one attached hydrogen (secondary N) is 1. The second-order valence-corrected chi connectivity index (χ2v) is 4.78. The van der Waals surface area contributed by atoms with E-state index in [4.69, 9.17) is 0 Å². The summed E-state index contributed by atoms with van der Waals surface area (Å²) in [6.45, 7) is 1.44. The van der Waals surface area contributed by atoms with Crippen LogP contribution in [0.3, 0.4) is 0 Å². The quantitative estimate of drug-likeness (QED) is 0.396. The number of anilines is 1. The maximum absolute atomic E-state index is 11.9. The van der Waals surface area contributed by atoms with E-state index in [-0.39, 0.29) is 11.5 Å². The van der Waals surface area contributed by atoms with E-state index in [1.165, 1.54) is 25.1 Å². The van der Waals surface area contributed by atoms with Crippen LogP contribution < -0.4 is 5.32 Å². The molecule has 0 radical (unpaired) electrons. The van der Waals surface area contributed by atoms with Crippen LogP contribution in [0.2, 0.25) is 0 Å². The van der Waals surface area contributed by atoms with Crippen LogP contribution in [0.5, 0.6) is 0 Å². The van der Waals surface area contributed by atoms with Crippen molar-refractivity contribution in [2.45, 2.75) is 6.92 Å². The Labute approximate surface area is 132 Å². The molecule has 0 aliphatic rings. The molecule has 0 heterocycles. The first-order valence-electron chi connectivity index (χ1n) is 6.81. The largest absolute Gasteiger partial charge is 0.322 e. The van der Waals surface area contributed by atoms with Crippen molar-refractivity contribution in [3.8, 4) is 0 Å². The minimum atomic E-state index is -0.506. The summed E-state index contributed by atoms with van der Waals surface area (Å²) >= 11 is 0. The van der Waals surface area contributed by atoms with Gasteiger partial charge in [-0.25, -0.2) is 0 Å². The van der Waals surface area contributed by atoms with Crippen LogP contribution in [-0.4, -0.2) is 16.6 Å². The summed E-state index contributed by atoms with van der Waals surface area (Å²) in [5, 5.41) is 13.5. The molecule has 0 bridgehead atoms. The summed E-state index contributed by atoms with van der Waals surface area (Å²) in [7, 11) is 0. The molecule has 23 heavy (non-hydrogen) atoms. The van der Waals surface area contributed by atoms with E-state index in [2.05, 4.69) is 5.32 Å². The number of nitro benzene ring substituents is 1. The van der Waals surface area contributed by atoms with Gasteiger partial charge in [0.25, 0.3) is 5.69 Å². The van der Waals surface area contributed by atoms with Gasteiger partial charge in [0.1, 0.15) is 0 Å². The van der Waals surface area contributed by atoms with E-state index in [9.17, 15) is 19.7 Å². The van der Waals surface area contributed by atoms with Gasteiger partial charge in [0, 0.05) is 23.4 Å². The van der Waals surface area contributed by atoms with Crippen LogP contribution in [0.15, 0.2) is 54.6 Å². The molecule has 0 saturated heterocycles. The van der Waals surface area contributed by atoms with Gasteiger partial charge in [0.2, 0.25) is 5.91 Å². The fraction of sp³-hybridized carbons (Fsp3) is 0.0588. The molecule has 0 fully saturated rings. The van der Waals surface area contributed by atoms with Crippen LogP contribution in [0.1, 0.15) is 22.8 Å². The van der Waals surface area contributed by atoms with Crippen molar-refractivity contribution < 1.29 is 14.5 Å². The molecule has 1 N–H and O–H groups in total. The molecular weight excluding hydrogens is 296 g/mol. The summed E-state index contributed by atoms with van der Waals surface area (Å²) < 4.78 is 0. The maximum atomic E-state index is 11.9. The monoisotopic (exact) mass is 310 g/mol. The molecule has 2 rings (SSSR count). The summed E-state index contributed by atoms with van der Waals surface area (Å²) in [5.41, 5.74) is 1.24. The number of carbonyl (C=O) groups excluding carboxylic acids is 2. The van der Waals surface area contributed by atoms with Gasteiger partial charge in [-0.05, 0) is 31.2 Å². The van der Waals surface area contributed by atoms with Gasteiger partial charge in [-0.3, -0.25) is 19.7 Å². The van der Waals surface area contributed by atoms with Crippen molar-refractivity contribution in [3.63, 3.8) is 0 Å². The average molecular weight is 310 g/mol. The fourth-order valence-corrected chi connectivity index (χ4v) is 1.96. The molecule has 0 atom stereocenters. The number of para-hydroxylation sites is 1. The Morgan fingerprint density at radius 3 is 2.57 bits per heavy atom. The third-order valence-electron chi connectivity index (χ3n) is 3.08. The molecule has 0 aromatic heterocycles. The lowest BCUT2D eigenvalue weighted by Crippen LogP contribution is -2.08. The van der Waals surface area contributed by atoms with Gasteiger partial charge in [-0.15, -0.1) is 0 Å². The number of amides is 1. The van der Waals surface area contributed by atoms with Crippen LogP contribution in [0.25, 0.3) is 6.08 Å². The van der Waals surface area contributed by atoms with E-state index in [1.807, 2.05) is 0 Å². The third-order valence-corrected chi connectivity index (χ3v) is 3.08. The Morgan fingerprint density at radius 1 is 1.13 bits per heavy atom. The molecule has 0 saturated carbocycles. The third kappa shape index (κ3) is 4.34. The maximum Gasteiger partial charge on any atom is 0.276 e. The molecule has 2 aromatic rings. The van der Waals surface area contributed by atoms with Crippen molar-refractivity contribution in [1.82, 2.24) is 0 Å². The number of nitro groups is 1. The smallest absolute Gasteiger partial charge is 0.276 e. The van der Waals surface area contributed by atoms with Crippen molar-refractivity contribution in [2.24, 2.45) is 0 Å². The highest BCUT2D eigenvalue weighted by molar-refractivity contribution is 6.03. The van der Waals surface area contributed by atoms with Crippen LogP contribution in [-0.2, 0) is 4.79 Å². The number of carbonyl (C=O) groups is 2. The predicted octanol–water partition coefficient (Wildman–Crippen LogP) is 3.45. The Morgan fingerprint density at radius 2 is 1.87 bits per heavy atom. The van der Waals surface area contributed by atoms with Crippen molar-refractivity contribution >= 4 is 29.1 Å². The number of rotatable bonds is 5. The summed E-state index contributed by atoms with van der Waals surface area (Å²) in [6, 6.07) is 12.7. The molecule has 1 amide bonds. The van der Waals surface area contributed by atoms with Crippen molar-refractivity contribution in [1.29, 1.82) is 0 Å². The molecule has 116 valence electrons. The molecule has 0 aliphatic carbocycles. The highest BCUT2D eigenvalue weighted by atomic mass is 16.6. The molecule has 0 spiro atoms. The molecule has 6 nitrogen and oxygen atoms in total. The van der Waals surface area contributed by atoms with E-state index >= 15 is 0 Å².